The number of benzene rings is 1. The smallest absolute Gasteiger partial charge is 0.309 e. The lowest BCUT2D eigenvalue weighted by Crippen LogP contribution is -2.50. The molecule has 0 unspecified atom stereocenters. The molecule has 3 saturated carbocycles. The second-order valence-electron chi connectivity index (χ2n) is 11.3. The van der Waals surface area contributed by atoms with Crippen molar-refractivity contribution >= 4 is 23.4 Å². The van der Waals surface area contributed by atoms with E-state index in [-0.39, 0.29) is 29.3 Å². The van der Waals surface area contributed by atoms with Crippen molar-refractivity contribution in [3.05, 3.63) is 65.6 Å². The minimum Gasteiger partial charge on any atom is -0.483 e. The third-order valence-electron chi connectivity index (χ3n) is 9.02. The van der Waals surface area contributed by atoms with Gasteiger partial charge in [0.2, 0.25) is 0 Å². The minimum atomic E-state index is -0.705. The van der Waals surface area contributed by atoms with Crippen LogP contribution in [0.1, 0.15) is 70.9 Å². The van der Waals surface area contributed by atoms with Gasteiger partial charge in [-0.2, -0.15) is 5.10 Å². The molecule has 1 aliphatic heterocycles. The molecule has 1 aromatic carbocycles. The average Bonchev–Trinajstić information content (AvgIpc) is 3.69. The lowest BCUT2D eigenvalue weighted by molar-refractivity contribution is -0.158. The second kappa shape index (κ2) is 9.39. The maximum absolute atomic E-state index is 13.4. The summed E-state index contributed by atoms with van der Waals surface area (Å²) in [5.74, 6) is -0.0842. The van der Waals surface area contributed by atoms with Gasteiger partial charge in [0.25, 0.3) is 11.8 Å². The first kappa shape index (κ1) is 25.2. The Morgan fingerprint density at radius 1 is 1.00 bits per heavy atom. The Kier molecular flexibility index (Phi) is 5.77. The molecule has 2 bridgehead atoms. The molecule has 4 heterocycles. The van der Waals surface area contributed by atoms with Crippen LogP contribution in [0, 0.1) is 10.8 Å². The number of aliphatic carboxylic acids is 1. The van der Waals surface area contributed by atoms with Crippen LogP contribution in [0.5, 0.6) is 5.75 Å². The Morgan fingerprint density at radius 3 is 2.59 bits per heavy atom. The highest BCUT2D eigenvalue weighted by molar-refractivity contribution is 5.98. The van der Waals surface area contributed by atoms with Gasteiger partial charge in [-0.15, -0.1) is 10.2 Å². The Morgan fingerprint density at radius 2 is 1.80 bits per heavy atom. The van der Waals surface area contributed by atoms with Gasteiger partial charge in [-0.05, 0) is 61.6 Å². The molecule has 4 aromatic rings. The third kappa shape index (κ3) is 4.28. The summed E-state index contributed by atoms with van der Waals surface area (Å²) in [4.78, 5) is 42.7. The second-order valence-corrected chi connectivity index (χ2v) is 11.3. The number of carbonyl (C=O) groups excluding carboxylic acids is 2. The van der Waals surface area contributed by atoms with Crippen LogP contribution in [0.4, 0.5) is 0 Å². The molecule has 3 aromatic heterocycles. The highest BCUT2D eigenvalue weighted by atomic mass is 16.5. The number of fused-ring (bicyclic) bond motifs is 7. The van der Waals surface area contributed by atoms with Gasteiger partial charge in [0.1, 0.15) is 30.1 Å². The minimum absolute atomic E-state index is 0.100. The predicted octanol–water partition coefficient (Wildman–Crippen LogP) is 2.29. The number of aromatic nitrogens is 6. The molecule has 8 rings (SSSR count). The summed E-state index contributed by atoms with van der Waals surface area (Å²) in [6.45, 7) is 1.02. The molecule has 3 fully saturated rings. The molecule has 41 heavy (non-hydrogen) atoms. The summed E-state index contributed by atoms with van der Waals surface area (Å²) >= 11 is 0. The number of nitrogens with zero attached hydrogens (tertiary/aromatic N) is 6. The van der Waals surface area contributed by atoms with Crippen molar-refractivity contribution in [3.63, 3.8) is 0 Å². The van der Waals surface area contributed by atoms with Gasteiger partial charge in [0, 0.05) is 25.2 Å². The van der Waals surface area contributed by atoms with Gasteiger partial charge in [-0.3, -0.25) is 19.0 Å². The van der Waals surface area contributed by atoms with Crippen molar-refractivity contribution < 1.29 is 24.2 Å². The van der Waals surface area contributed by atoms with E-state index in [4.69, 9.17) is 4.74 Å². The van der Waals surface area contributed by atoms with Gasteiger partial charge in [-0.1, -0.05) is 6.07 Å². The van der Waals surface area contributed by atoms with E-state index in [1.165, 1.54) is 16.8 Å². The SMILES string of the molecule is O=C(NCc1ccc2c(c1)-n1cnnc1CO2)c1cc(C(=O)NCC23CCC(C(=O)O)(CC2)CC3)n2nccc2n1. The Bertz CT molecular complexity index is 1680. The zero-order chi connectivity index (χ0) is 28.2. The summed E-state index contributed by atoms with van der Waals surface area (Å²) in [6.07, 6.45) is 7.39. The quantitative estimate of drug-likeness (QED) is 0.310. The summed E-state index contributed by atoms with van der Waals surface area (Å²) < 4.78 is 9.00. The molecular weight excluding hydrogens is 528 g/mol. The molecular formula is C28H28N8O5. The Balaban J connectivity index is 1.05. The molecule has 13 nitrogen and oxygen atoms in total. The number of rotatable bonds is 7. The fraction of sp³-hybridized carbons (Fsp3) is 0.393. The van der Waals surface area contributed by atoms with Gasteiger partial charge >= 0.3 is 5.97 Å². The van der Waals surface area contributed by atoms with Crippen molar-refractivity contribution in [1.29, 1.82) is 0 Å². The molecule has 0 radical (unpaired) electrons. The standard InChI is InChI=1S/C28H28N8O5/c37-24(29-13-17-1-2-21-19(11-17)35-16-31-34-23(35)14-41-21)18-12-20(36-22(33-18)3-10-32-36)25(38)30-15-27-4-7-28(8-5-27,9-6-27)26(39)40/h1-3,10-12,16H,4-9,13-15H2,(H,29,37)(H,30,38)(H,39,40). The first-order chi connectivity index (χ1) is 19.8. The highest BCUT2D eigenvalue weighted by Crippen LogP contribution is 2.56. The fourth-order valence-corrected chi connectivity index (χ4v) is 6.36. The molecule has 3 aliphatic carbocycles. The maximum atomic E-state index is 13.4. The fourth-order valence-electron chi connectivity index (χ4n) is 6.36. The van der Waals surface area contributed by atoms with Gasteiger partial charge in [-0.25, -0.2) is 9.50 Å². The first-order valence-electron chi connectivity index (χ1n) is 13.6. The number of amides is 2. The number of ether oxygens (including phenoxy) is 1. The van der Waals surface area contributed by atoms with Crippen molar-refractivity contribution in [3.8, 4) is 11.4 Å². The molecule has 0 atom stereocenters. The van der Waals surface area contributed by atoms with Crippen LogP contribution in [0.2, 0.25) is 0 Å². The lowest BCUT2D eigenvalue weighted by atomic mass is 9.53. The molecule has 0 saturated heterocycles. The number of carbonyl (C=O) groups is 3. The first-order valence-corrected chi connectivity index (χ1v) is 13.6. The average molecular weight is 557 g/mol. The van der Waals surface area contributed by atoms with E-state index in [9.17, 15) is 19.5 Å². The molecule has 13 heteroatoms. The number of carboxylic acids is 1. The number of nitrogens with one attached hydrogen (secondary N) is 2. The van der Waals surface area contributed by atoms with Crippen LogP contribution in [0.3, 0.4) is 0 Å². The van der Waals surface area contributed by atoms with E-state index in [1.807, 2.05) is 22.8 Å². The topological polar surface area (TPSA) is 166 Å². The van der Waals surface area contributed by atoms with E-state index < -0.39 is 17.3 Å². The summed E-state index contributed by atoms with van der Waals surface area (Å²) in [7, 11) is 0. The molecule has 210 valence electrons. The van der Waals surface area contributed by atoms with E-state index in [0.29, 0.717) is 49.6 Å². The zero-order valence-electron chi connectivity index (χ0n) is 22.2. The zero-order valence-corrected chi connectivity index (χ0v) is 22.2. The predicted molar refractivity (Wildman–Crippen MR) is 142 cm³/mol. The van der Waals surface area contributed by atoms with Crippen LogP contribution in [-0.2, 0) is 17.9 Å². The van der Waals surface area contributed by atoms with Crippen LogP contribution in [-0.4, -0.2) is 58.8 Å². The van der Waals surface area contributed by atoms with Gasteiger partial charge < -0.3 is 20.5 Å². The van der Waals surface area contributed by atoms with Gasteiger partial charge in [0.15, 0.2) is 11.5 Å². The highest BCUT2D eigenvalue weighted by Gasteiger charge is 2.52. The number of hydrogen-bond donors (Lipinski definition) is 3. The Labute approximate surface area is 233 Å². The van der Waals surface area contributed by atoms with Crippen LogP contribution < -0.4 is 15.4 Å². The van der Waals surface area contributed by atoms with E-state index in [2.05, 4.69) is 30.9 Å². The van der Waals surface area contributed by atoms with Crippen molar-refractivity contribution in [1.82, 2.24) is 40.0 Å². The third-order valence-corrected chi connectivity index (χ3v) is 9.02. The van der Waals surface area contributed by atoms with Crippen LogP contribution in [0.25, 0.3) is 11.3 Å². The summed E-state index contributed by atoms with van der Waals surface area (Å²) in [5, 5.41) is 27.8. The normalized spacial score (nSPS) is 22.4. The molecule has 2 amide bonds. The largest absolute Gasteiger partial charge is 0.483 e. The van der Waals surface area contributed by atoms with Crippen molar-refractivity contribution in [2.75, 3.05) is 6.54 Å². The van der Waals surface area contributed by atoms with Crippen molar-refractivity contribution in [2.45, 2.75) is 51.7 Å². The maximum Gasteiger partial charge on any atom is 0.309 e. The monoisotopic (exact) mass is 556 g/mol. The lowest BCUT2D eigenvalue weighted by Gasteiger charge is -2.51. The Hall–Kier alpha value is -4.81. The number of hydrogen-bond acceptors (Lipinski definition) is 8. The van der Waals surface area contributed by atoms with E-state index in [1.54, 1.807) is 12.4 Å². The van der Waals surface area contributed by atoms with Crippen LogP contribution >= 0.6 is 0 Å². The molecule has 0 spiro atoms. The number of carboxylic acid groups (broad SMARTS) is 1. The summed E-state index contributed by atoms with van der Waals surface area (Å²) in [6, 6.07) is 8.71. The van der Waals surface area contributed by atoms with Gasteiger partial charge in [0.05, 0.1) is 17.3 Å². The van der Waals surface area contributed by atoms with Crippen LogP contribution in [0.15, 0.2) is 42.9 Å². The molecule has 4 aliphatic rings. The van der Waals surface area contributed by atoms with E-state index in [0.717, 1.165) is 30.5 Å². The summed E-state index contributed by atoms with van der Waals surface area (Å²) in [5.41, 5.74) is 1.63. The van der Waals surface area contributed by atoms with E-state index >= 15 is 0 Å². The van der Waals surface area contributed by atoms with Crippen molar-refractivity contribution in [2.24, 2.45) is 10.8 Å². The molecule has 3 N–H and O–H groups in total.